The van der Waals surface area contributed by atoms with Crippen molar-refractivity contribution in [2.75, 3.05) is 13.7 Å². The van der Waals surface area contributed by atoms with E-state index in [-0.39, 0.29) is 24.3 Å². The lowest BCUT2D eigenvalue weighted by atomic mass is 10.0. The van der Waals surface area contributed by atoms with E-state index in [2.05, 4.69) is 10.6 Å². The van der Waals surface area contributed by atoms with E-state index in [1.54, 1.807) is 50.2 Å². The number of carboxylic acids is 1. The number of aliphatic carboxylic acids is 1. The van der Waals surface area contributed by atoms with E-state index >= 15 is 0 Å². The lowest BCUT2D eigenvalue weighted by Gasteiger charge is -2.19. The molecule has 3 N–H and O–H groups in total. The number of rotatable bonds is 12. The number of hydrogen-bond donors (Lipinski definition) is 3. The smallest absolute Gasteiger partial charge is 0.340 e. The third kappa shape index (κ3) is 6.97. The van der Waals surface area contributed by atoms with Crippen LogP contribution in [0.3, 0.4) is 0 Å². The molecule has 0 aliphatic carbocycles. The Balaban J connectivity index is 1.74. The van der Waals surface area contributed by atoms with Crippen LogP contribution in [0.2, 0.25) is 0 Å². The molecule has 3 rings (SSSR count). The average molecular weight is 509 g/mol. The van der Waals surface area contributed by atoms with Gasteiger partial charge in [-0.15, -0.1) is 0 Å². The van der Waals surface area contributed by atoms with Crippen molar-refractivity contribution in [3.63, 3.8) is 0 Å². The van der Waals surface area contributed by atoms with Crippen molar-refractivity contribution >= 4 is 28.8 Å². The largest absolute Gasteiger partial charge is 0.496 e. The summed E-state index contributed by atoms with van der Waals surface area (Å²) in [7, 11) is 1.54. The van der Waals surface area contributed by atoms with Gasteiger partial charge in [-0.1, -0.05) is 36.8 Å². The summed E-state index contributed by atoms with van der Waals surface area (Å²) in [6.07, 6.45) is 1.66. The molecule has 1 atom stereocenters. The van der Waals surface area contributed by atoms with Crippen LogP contribution in [0.15, 0.2) is 51.7 Å². The molecular weight excluding hydrogens is 476 g/mol. The van der Waals surface area contributed by atoms with Gasteiger partial charge in [-0.05, 0) is 49.9 Å². The molecule has 0 aliphatic heterocycles. The molecule has 196 valence electrons. The van der Waals surface area contributed by atoms with E-state index in [9.17, 15) is 19.2 Å². The molecule has 0 radical (unpaired) electrons. The van der Waals surface area contributed by atoms with Crippen molar-refractivity contribution in [1.82, 2.24) is 10.6 Å². The summed E-state index contributed by atoms with van der Waals surface area (Å²) in [5.41, 5.74) is 1.95. The molecule has 9 nitrogen and oxygen atoms in total. The standard InChI is InChI=1S/C28H32N2O7/c1-17-20-13-14-22(36-3)18(2)26(20)37-28(35)21(17)16-23(31)30-25(19-10-6-4-7-11-19)27(34)29-15-9-5-8-12-24(32)33/h4,6-7,10-11,13-14,25H,5,8-9,12,15-16H2,1-3H3,(H,29,34)(H,30,31)(H,32,33)/t25-/m1/s1. The van der Waals surface area contributed by atoms with Crippen molar-refractivity contribution in [3.05, 3.63) is 75.1 Å². The number of carbonyl (C=O) groups excluding carboxylic acids is 2. The Bertz CT molecular complexity index is 1330. The van der Waals surface area contributed by atoms with Crippen LogP contribution >= 0.6 is 0 Å². The zero-order chi connectivity index (χ0) is 26.9. The van der Waals surface area contributed by atoms with Crippen LogP contribution < -0.4 is 21.0 Å². The molecule has 9 heteroatoms. The van der Waals surface area contributed by atoms with Crippen LogP contribution in [0, 0.1) is 13.8 Å². The van der Waals surface area contributed by atoms with Gasteiger partial charge in [-0.25, -0.2) is 4.79 Å². The summed E-state index contributed by atoms with van der Waals surface area (Å²) in [5.74, 6) is -1.13. The highest BCUT2D eigenvalue weighted by atomic mass is 16.5. The van der Waals surface area contributed by atoms with Crippen LogP contribution in [-0.2, 0) is 20.8 Å². The number of amides is 2. The third-order valence-corrected chi connectivity index (χ3v) is 6.28. The van der Waals surface area contributed by atoms with Gasteiger partial charge in [0.05, 0.1) is 19.1 Å². The molecule has 0 saturated heterocycles. The van der Waals surface area contributed by atoms with E-state index in [0.29, 0.717) is 59.2 Å². The molecule has 1 aromatic heterocycles. The first kappa shape index (κ1) is 27.4. The first-order valence-electron chi connectivity index (χ1n) is 12.2. The van der Waals surface area contributed by atoms with E-state index in [1.807, 2.05) is 6.07 Å². The Morgan fingerprint density at radius 3 is 2.41 bits per heavy atom. The minimum absolute atomic E-state index is 0.0892. The second-order valence-corrected chi connectivity index (χ2v) is 8.85. The zero-order valence-electron chi connectivity index (χ0n) is 21.3. The van der Waals surface area contributed by atoms with Gasteiger partial charge in [-0.2, -0.15) is 0 Å². The number of aryl methyl sites for hydroxylation is 2. The number of unbranched alkanes of at least 4 members (excludes halogenated alkanes) is 2. The van der Waals surface area contributed by atoms with Crippen LogP contribution in [-0.4, -0.2) is 36.5 Å². The fraction of sp³-hybridized carbons (Fsp3) is 0.357. The second kappa shape index (κ2) is 12.7. The maximum Gasteiger partial charge on any atom is 0.340 e. The minimum Gasteiger partial charge on any atom is -0.496 e. The minimum atomic E-state index is -0.952. The van der Waals surface area contributed by atoms with Gasteiger partial charge in [-0.3, -0.25) is 14.4 Å². The van der Waals surface area contributed by atoms with Crippen molar-refractivity contribution in [1.29, 1.82) is 0 Å². The molecule has 0 saturated carbocycles. The Morgan fingerprint density at radius 2 is 1.73 bits per heavy atom. The molecule has 0 bridgehead atoms. The summed E-state index contributed by atoms with van der Waals surface area (Å²) in [6, 6.07) is 11.4. The zero-order valence-corrected chi connectivity index (χ0v) is 21.3. The van der Waals surface area contributed by atoms with E-state index in [4.69, 9.17) is 14.3 Å². The van der Waals surface area contributed by atoms with Gasteiger partial charge in [0.1, 0.15) is 17.4 Å². The van der Waals surface area contributed by atoms with Crippen LogP contribution in [0.1, 0.15) is 54.0 Å². The first-order chi connectivity index (χ1) is 17.7. The van der Waals surface area contributed by atoms with Gasteiger partial charge >= 0.3 is 11.6 Å². The number of nitrogens with one attached hydrogen (secondary N) is 2. The molecule has 0 fully saturated rings. The normalized spacial score (nSPS) is 11.6. The van der Waals surface area contributed by atoms with Gasteiger partial charge in [0.2, 0.25) is 11.8 Å². The predicted octanol–water partition coefficient (Wildman–Crippen LogP) is 3.58. The highest BCUT2D eigenvalue weighted by Crippen LogP contribution is 2.29. The first-order valence-corrected chi connectivity index (χ1v) is 12.2. The Hall–Kier alpha value is -4.14. The van der Waals surface area contributed by atoms with E-state index in [0.717, 1.165) is 0 Å². The molecule has 0 spiro atoms. The number of carboxylic acid groups (broad SMARTS) is 1. The molecule has 0 unspecified atom stereocenters. The number of fused-ring (bicyclic) bond motifs is 1. The van der Waals surface area contributed by atoms with Gasteiger partial charge in [0.25, 0.3) is 0 Å². The maximum absolute atomic E-state index is 13.0. The van der Waals surface area contributed by atoms with E-state index in [1.165, 1.54) is 7.11 Å². The van der Waals surface area contributed by atoms with Gasteiger partial charge < -0.3 is 24.9 Å². The Morgan fingerprint density at radius 1 is 1.00 bits per heavy atom. The Labute approximate surface area is 214 Å². The van der Waals surface area contributed by atoms with Crippen molar-refractivity contribution in [2.45, 2.75) is 52.0 Å². The third-order valence-electron chi connectivity index (χ3n) is 6.28. The van der Waals surface area contributed by atoms with Gasteiger partial charge in [0, 0.05) is 23.9 Å². The maximum atomic E-state index is 13.0. The molecule has 0 aliphatic rings. The number of carbonyl (C=O) groups is 3. The molecule has 3 aromatic rings. The molecule has 37 heavy (non-hydrogen) atoms. The molecular formula is C28H32N2O7. The summed E-state index contributed by atoms with van der Waals surface area (Å²) < 4.78 is 10.9. The highest BCUT2D eigenvalue weighted by molar-refractivity contribution is 5.91. The topological polar surface area (TPSA) is 135 Å². The monoisotopic (exact) mass is 508 g/mol. The number of hydrogen-bond acceptors (Lipinski definition) is 6. The SMILES string of the molecule is COc1ccc2c(C)c(CC(=O)N[C@@H](C(=O)NCCCCCC(=O)O)c3ccccc3)c(=O)oc2c1C. The summed E-state index contributed by atoms with van der Waals surface area (Å²) in [5, 5.41) is 15.0. The fourth-order valence-corrected chi connectivity index (χ4v) is 4.21. The Kier molecular flexibility index (Phi) is 9.43. The number of ether oxygens (including phenoxy) is 1. The summed E-state index contributed by atoms with van der Waals surface area (Å²) in [6.45, 7) is 3.92. The molecule has 1 heterocycles. The second-order valence-electron chi connectivity index (χ2n) is 8.85. The van der Waals surface area contributed by atoms with Gasteiger partial charge in [0.15, 0.2) is 0 Å². The lowest BCUT2D eigenvalue weighted by Crippen LogP contribution is -2.41. The molecule has 2 aromatic carbocycles. The van der Waals surface area contributed by atoms with Crippen molar-refractivity contribution < 1.29 is 28.6 Å². The number of methoxy groups -OCH3 is 1. The summed E-state index contributed by atoms with van der Waals surface area (Å²) >= 11 is 0. The van der Waals surface area contributed by atoms with Crippen LogP contribution in [0.25, 0.3) is 11.0 Å². The highest BCUT2D eigenvalue weighted by Gasteiger charge is 2.24. The van der Waals surface area contributed by atoms with Crippen molar-refractivity contribution in [2.24, 2.45) is 0 Å². The average Bonchev–Trinajstić information content (AvgIpc) is 2.88. The quantitative estimate of drug-likeness (QED) is 0.251. The van der Waals surface area contributed by atoms with Crippen LogP contribution in [0.5, 0.6) is 5.75 Å². The van der Waals surface area contributed by atoms with E-state index < -0.39 is 23.5 Å². The number of benzene rings is 2. The van der Waals surface area contributed by atoms with Crippen LogP contribution in [0.4, 0.5) is 0 Å². The summed E-state index contributed by atoms with van der Waals surface area (Å²) in [4.78, 5) is 49.4. The lowest BCUT2D eigenvalue weighted by molar-refractivity contribution is -0.137. The fourth-order valence-electron chi connectivity index (χ4n) is 4.21. The van der Waals surface area contributed by atoms with Crippen molar-refractivity contribution in [3.8, 4) is 5.75 Å². The molecule has 2 amide bonds. The predicted molar refractivity (Wildman–Crippen MR) is 139 cm³/mol.